The second kappa shape index (κ2) is 5.16. The molecular formula is C17H18O2. The smallest absolute Gasteiger partial charge is 0.141 e. The lowest BCUT2D eigenvalue weighted by molar-refractivity contribution is -0.0619. The molecule has 1 aliphatic heterocycles. The van der Waals surface area contributed by atoms with E-state index in [9.17, 15) is 5.11 Å². The molecule has 0 radical (unpaired) electrons. The first-order valence-corrected chi connectivity index (χ1v) is 6.77. The number of aliphatic hydroxyl groups is 1. The number of rotatable bonds is 3. The van der Waals surface area contributed by atoms with Crippen molar-refractivity contribution in [3.8, 4) is 0 Å². The summed E-state index contributed by atoms with van der Waals surface area (Å²) in [5, 5.41) is 11.3. The summed E-state index contributed by atoms with van der Waals surface area (Å²) in [7, 11) is 0. The SMILES string of the molecule is OC(c1ccccc1)(c1ccccc1)[C@@H]1CCCO1. The van der Waals surface area contributed by atoms with Crippen molar-refractivity contribution in [1.29, 1.82) is 0 Å². The van der Waals surface area contributed by atoms with Gasteiger partial charge in [0.25, 0.3) is 0 Å². The van der Waals surface area contributed by atoms with Gasteiger partial charge < -0.3 is 9.84 Å². The molecule has 1 aliphatic rings. The Morgan fingerprint density at radius 2 is 1.42 bits per heavy atom. The molecule has 0 aliphatic carbocycles. The van der Waals surface area contributed by atoms with Crippen molar-refractivity contribution in [3.05, 3.63) is 71.8 Å². The van der Waals surface area contributed by atoms with E-state index in [1.54, 1.807) is 0 Å². The van der Waals surface area contributed by atoms with Gasteiger partial charge in [0.2, 0.25) is 0 Å². The van der Waals surface area contributed by atoms with Gasteiger partial charge in [0.15, 0.2) is 0 Å². The highest BCUT2D eigenvalue weighted by atomic mass is 16.5. The van der Waals surface area contributed by atoms with Crippen molar-refractivity contribution in [2.45, 2.75) is 24.5 Å². The van der Waals surface area contributed by atoms with Gasteiger partial charge in [-0.2, -0.15) is 0 Å². The molecule has 0 bridgehead atoms. The Morgan fingerprint density at radius 3 is 1.84 bits per heavy atom. The highest BCUT2D eigenvalue weighted by Gasteiger charge is 2.42. The van der Waals surface area contributed by atoms with Crippen LogP contribution in [0.15, 0.2) is 60.7 Å². The number of hydrogen-bond donors (Lipinski definition) is 1. The predicted molar refractivity (Wildman–Crippen MR) is 74.9 cm³/mol. The van der Waals surface area contributed by atoms with E-state index in [0.29, 0.717) is 0 Å². The second-order valence-corrected chi connectivity index (χ2v) is 5.00. The summed E-state index contributed by atoms with van der Waals surface area (Å²) in [4.78, 5) is 0. The summed E-state index contributed by atoms with van der Waals surface area (Å²) < 4.78 is 5.78. The second-order valence-electron chi connectivity index (χ2n) is 5.00. The van der Waals surface area contributed by atoms with E-state index in [4.69, 9.17) is 4.74 Å². The van der Waals surface area contributed by atoms with Crippen LogP contribution in [0.3, 0.4) is 0 Å². The zero-order valence-corrected chi connectivity index (χ0v) is 10.8. The van der Waals surface area contributed by atoms with Gasteiger partial charge in [-0.15, -0.1) is 0 Å². The summed E-state index contributed by atoms with van der Waals surface area (Å²) in [6.45, 7) is 0.729. The number of benzene rings is 2. The van der Waals surface area contributed by atoms with Crippen LogP contribution in [-0.2, 0) is 10.3 Å². The maximum atomic E-state index is 11.3. The fourth-order valence-electron chi connectivity index (χ4n) is 2.83. The molecule has 1 N–H and O–H groups in total. The first-order valence-electron chi connectivity index (χ1n) is 6.77. The van der Waals surface area contributed by atoms with Gasteiger partial charge in [0.05, 0.1) is 6.10 Å². The highest BCUT2D eigenvalue weighted by Crippen LogP contribution is 2.38. The lowest BCUT2D eigenvalue weighted by Crippen LogP contribution is -2.40. The molecule has 0 amide bonds. The molecule has 0 aromatic heterocycles. The minimum absolute atomic E-state index is 0.169. The zero-order chi connectivity index (χ0) is 13.1. The van der Waals surface area contributed by atoms with Crippen LogP contribution >= 0.6 is 0 Å². The van der Waals surface area contributed by atoms with Crippen molar-refractivity contribution in [1.82, 2.24) is 0 Å². The van der Waals surface area contributed by atoms with E-state index in [2.05, 4.69) is 0 Å². The largest absolute Gasteiger partial charge is 0.378 e. The molecule has 2 nitrogen and oxygen atoms in total. The minimum Gasteiger partial charge on any atom is -0.378 e. The van der Waals surface area contributed by atoms with E-state index in [1.165, 1.54) is 0 Å². The molecule has 19 heavy (non-hydrogen) atoms. The normalized spacial score (nSPS) is 19.5. The molecule has 2 aromatic rings. The first-order chi connectivity index (χ1) is 9.32. The molecule has 2 heteroatoms. The maximum Gasteiger partial charge on any atom is 0.141 e. The summed E-state index contributed by atoms with van der Waals surface area (Å²) in [5.41, 5.74) is 0.736. The Morgan fingerprint density at radius 1 is 0.895 bits per heavy atom. The third-order valence-corrected chi connectivity index (χ3v) is 3.82. The standard InChI is InChI=1S/C17H18O2/c18-17(16-12-7-13-19-16,14-8-3-1-4-9-14)15-10-5-2-6-11-15/h1-6,8-11,16,18H,7,12-13H2/t16-/m0/s1. The van der Waals surface area contributed by atoms with E-state index >= 15 is 0 Å². The summed E-state index contributed by atoms with van der Waals surface area (Å²) >= 11 is 0. The monoisotopic (exact) mass is 254 g/mol. The van der Waals surface area contributed by atoms with E-state index in [1.807, 2.05) is 60.7 Å². The van der Waals surface area contributed by atoms with Crippen LogP contribution in [0, 0.1) is 0 Å². The average molecular weight is 254 g/mol. The minimum atomic E-state index is -1.06. The topological polar surface area (TPSA) is 29.5 Å². The average Bonchev–Trinajstić information content (AvgIpc) is 3.03. The summed E-state index contributed by atoms with van der Waals surface area (Å²) in [6, 6.07) is 19.6. The molecule has 1 fully saturated rings. The van der Waals surface area contributed by atoms with Crippen LogP contribution < -0.4 is 0 Å². The van der Waals surface area contributed by atoms with Gasteiger partial charge in [-0.1, -0.05) is 60.7 Å². The van der Waals surface area contributed by atoms with Gasteiger partial charge in [-0.25, -0.2) is 0 Å². The van der Waals surface area contributed by atoms with E-state index in [0.717, 1.165) is 30.6 Å². The molecule has 1 saturated heterocycles. The molecule has 0 saturated carbocycles. The van der Waals surface area contributed by atoms with Gasteiger partial charge in [0.1, 0.15) is 5.60 Å². The predicted octanol–water partition coefficient (Wildman–Crippen LogP) is 3.10. The Kier molecular flexibility index (Phi) is 3.36. The maximum absolute atomic E-state index is 11.3. The third-order valence-electron chi connectivity index (χ3n) is 3.82. The van der Waals surface area contributed by atoms with Gasteiger partial charge in [-0.05, 0) is 24.0 Å². The first kappa shape index (κ1) is 12.4. The van der Waals surface area contributed by atoms with E-state index in [-0.39, 0.29) is 6.10 Å². The van der Waals surface area contributed by atoms with Crippen molar-refractivity contribution >= 4 is 0 Å². The molecule has 0 unspecified atom stereocenters. The molecule has 98 valence electrons. The molecule has 1 atom stereocenters. The van der Waals surface area contributed by atoms with Gasteiger partial charge >= 0.3 is 0 Å². The zero-order valence-electron chi connectivity index (χ0n) is 10.8. The van der Waals surface area contributed by atoms with Crippen LogP contribution in [0.5, 0.6) is 0 Å². The highest BCUT2D eigenvalue weighted by molar-refractivity contribution is 5.37. The van der Waals surface area contributed by atoms with Crippen molar-refractivity contribution < 1.29 is 9.84 Å². The molecule has 1 heterocycles. The van der Waals surface area contributed by atoms with Crippen molar-refractivity contribution in [3.63, 3.8) is 0 Å². The fraction of sp³-hybridized carbons (Fsp3) is 0.294. The van der Waals surface area contributed by atoms with Crippen LogP contribution in [0.25, 0.3) is 0 Å². The third kappa shape index (κ3) is 2.18. The number of ether oxygens (including phenoxy) is 1. The van der Waals surface area contributed by atoms with Crippen LogP contribution in [0.4, 0.5) is 0 Å². The Balaban J connectivity index is 2.10. The van der Waals surface area contributed by atoms with E-state index < -0.39 is 5.60 Å². The van der Waals surface area contributed by atoms with Gasteiger partial charge in [0, 0.05) is 6.61 Å². The number of hydrogen-bond acceptors (Lipinski definition) is 2. The van der Waals surface area contributed by atoms with Crippen LogP contribution in [-0.4, -0.2) is 17.8 Å². The Labute approximate surface area is 113 Å². The van der Waals surface area contributed by atoms with Gasteiger partial charge in [-0.3, -0.25) is 0 Å². The van der Waals surface area contributed by atoms with Crippen LogP contribution in [0.2, 0.25) is 0 Å². The summed E-state index contributed by atoms with van der Waals surface area (Å²) in [6.07, 6.45) is 1.73. The quantitative estimate of drug-likeness (QED) is 0.912. The molecular weight excluding hydrogens is 236 g/mol. The molecule has 2 aromatic carbocycles. The summed E-state index contributed by atoms with van der Waals surface area (Å²) in [5.74, 6) is 0. The molecule has 3 rings (SSSR count). The van der Waals surface area contributed by atoms with Crippen molar-refractivity contribution in [2.24, 2.45) is 0 Å². The Bertz CT molecular complexity index is 476. The Hall–Kier alpha value is -1.64. The van der Waals surface area contributed by atoms with Crippen LogP contribution in [0.1, 0.15) is 24.0 Å². The fourth-order valence-corrected chi connectivity index (χ4v) is 2.83. The lowest BCUT2D eigenvalue weighted by atomic mass is 9.80. The lowest BCUT2D eigenvalue weighted by Gasteiger charge is -2.34. The molecule has 0 spiro atoms. The van der Waals surface area contributed by atoms with Crippen molar-refractivity contribution in [2.75, 3.05) is 6.61 Å².